The number of aromatic nitrogens is 4. The fraction of sp³-hybridized carbons (Fsp3) is 0.458. The number of benzene rings is 1. The second-order valence-corrected chi connectivity index (χ2v) is 8.35. The highest BCUT2D eigenvalue weighted by Crippen LogP contribution is 2.27. The Morgan fingerprint density at radius 3 is 2.62 bits per heavy atom. The molecule has 0 unspecified atom stereocenters. The summed E-state index contributed by atoms with van der Waals surface area (Å²) in [4.78, 5) is 29.7. The summed E-state index contributed by atoms with van der Waals surface area (Å²) < 4.78 is 10.8. The van der Waals surface area contributed by atoms with Gasteiger partial charge in [-0.2, -0.15) is 9.97 Å². The van der Waals surface area contributed by atoms with E-state index in [1.165, 1.54) is 6.92 Å². The number of amides is 1. The molecule has 0 saturated heterocycles. The van der Waals surface area contributed by atoms with Crippen molar-refractivity contribution in [3.8, 4) is 11.5 Å². The standard InChI is InChI=1S/C24H33N7O3/c1-6-7-10-24(3,15-28-16(2)32)31-22-20-21(26-12-11-25-20)29-23(30-22)27-14-17-8-9-18(33-4)13-19(17)34-5/h8-9,11-13H,6-7,10,14-15H2,1-5H3,(H,28,32)(H2,26,27,29,30,31)/t24-/m1/s1. The molecule has 3 rings (SSSR count). The lowest BCUT2D eigenvalue weighted by atomic mass is 9.94. The van der Waals surface area contributed by atoms with E-state index in [0.717, 1.165) is 30.6 Å². The van der Waals surface area contributed by atoms with Gasteiger partial charge in [-0.15, -0.1) is 0 Å². The third-order valence-corrected chi connectivity index (χ3v) is 5.49. The second-order valence-electron chi connectivity index (χ2n) is 8.35. The van der Waals surface area contributed by atoms with Crippen LogP contribution in [0.25, 0.3) is 11.2 Å². The molecule has 10 nitrogen and oxygen atoms in total. The molecule has 0 aliphatic rings. The van der Waals surface area contributed by atoms with Crippen LogP contribution in [0, 0.1) is 0 Å². The predicted molar refractivity (Wildman–Crippen MR) is 132 cm³/mol. The van der Waals surface area contributed by atoms with Gasteiger partial charge in [-0.3, -0.25) is 4.79 Å². The van der Waals surface area contributed by atoms with Crippen molar-refractivity contribution < 1.29 is 14.3 Å². The van der Waals surface area contributed by atoms with E-state index in [1.807, 2.05) is 18.2 Å². The van der Waals surface area contributed by atoms with E-state index in [2.05, 4.69) is 44.7 Å². The first-order chi connectivity index (χ1) is 16.4. The maximum atomic E-state index is 11.6. The van der Waals surface area contributed by atoms with Crippen LogP contribution in [-0.4, -0.2) is 52.1 Å². The molecule has 3 N–H and O–H groups in total. The fourth-order valence-corrected chi connectivity index (χ4v) is 3.57. The van der Waals surface area contributed by atoms with E-state index in [0.29, 0.717) is 41.8 Å². The topological polar surface area (TPSA) is 123 Å². The highest BCUT2D eigenvalue weighted by Gasteiger charge is 2.26. The van der Waals surface area contributed by atoms with E-state index in [-0.39, 0.29) is 5.91 Å². The lowest BCUT2D eigenvalue weighted by Gasteiger charge is -2.32. The zero-order valence-corrected chi connectivity index (χ0v) is 20.4. The van der Waals surface area contributed by atoms with Gasteiger partial charge in [-0.1, -0.05) is 19.8 Å². The molecule has 182 valence electrons. The molecular formula is C24H33N7O3. The Hall–Kier alpha value is -3.69. The molecule has 0 saturated carbocycles. The van der Waals surface area contributed by atoms with Gasteiger partial charge in [0.25, 0.3) is 0 Å². The Morgan fingerprint density at radius 2 is 1.91 bits per heavy atom. The number of hydrogen-bond acceptors (Lipinski definition) is 9. The second kappa shape index (κ2) is 11.4. The summed E-state index contributed by atoms with van der Waals surface area (Å²) in [6.45, 7) is 6.62. The predicted octanol–water partition coefficient (Wildman–Crippen LogP) is 3.55. The molecule has 10 heteroatoms. The number of nitrogens with zero attached hydrogens (tertiary/aromatic N) is 4. The van der Waals surface area contributed by atoms with Crippen molar-refractivity contribution in [1.82, 2.24) is 25.3 Å². The summed E-state index contributed by atoms with van der Waals surface area (Å²) in [6.07, 6.45) is 6.10. The van der Waals surface area contributed by atoms with Gasteiger partial charge in [0.1, 0.15) is 11.5 Å². The van der Waals surface area contributed by atoms with Gasteiger partial charge < -0.3 is 25.4 Å². The molecule has 0 spiro atoms. The van der Waals surface area contributed by atoms with Crippen LogP contribution >= 0.6 is 0 Å². The van der Waals surface area contributed by atoms with Gasteiger partial charge in [0.05, 0.1) is 19.8 Å². The average molecular weight is 468 g/mol. The zero-order valence-electron chi connectivity index (χ0n) is 20.4. The number of fused-ring (bicyclic) bond motifs is 1. The Kier molecular flexibility index (Phi) is 8.39. The molecule has 2 aromatic heterocycles. The normalized spacial score (nSPS) is 12.6. The Labute approximate surface area is 199 Å². The first kappa shape index (κ1) is 24.9. The Bertz CT molecular complexity index is 1120. The minimum Gasteiger partial charge on any atom is -0.497 e. The molecule has 0 aliphatic carbocycles. The number of anilines is 2. The molecule has 0 fully saturated rings. The molecule has 0 aliphatic heterocycles. The third-order valence-electron chi connectivity index (χ3n) is 5.49. The highest BCUT2D eigenvalue weighted by atomic mass is 16.5. The van der Waals surface area contributed by atoms with Crippen molar-refractivity contribution in [3.05, 3.63) is 36.2 Å². The van der Waals surface area contributed by atoms with Crippen LogP contribution in [0.3, 0.4) is 0 Å². The molecular weight excluding hydrogens is 434 g/mol. The summed E-state index contributed by atoms with van der Waals surface area (Å²) in [7, 11) is 3.24. The van der Waals surface area contributed by atoms with Crippen molar-refractivity contribution >= 4 is 28.8 Å². The summed E-state index contributed by atoms with van der Waals surface area (Å²) in [5, 5.41) is 9.71. The number of hydrogen-bond donors (Lipinski definition) is 3. The van der Waals surface area contributed by atoms with Crippen molar-refractivity contribution in [2.45, 2.75) is 52.1 Å². The van der Waals surface area contributed by atoms with Crippen LogP contribution in [0.15, 0.2) is 30.6 Å². The van der Waals surface area contributed by atoms with Crippen molar-refractivity contribution in [2.75, 3.05) is 31.4 Å². The number of unbranched alkanes of at least 4 members (excludes halogenated alkanes) is 1. The van der Waals surface area contributed by atoms with Crippen molar-refractivity contribution in [2.24, 2.45) is 0 Å². The molecule has 1 aromatic carbocycles. The minimum atomic E-state index is -0.420. The van der Waals surface area contributed by atoms with Gasteiger partial charge in [0.15, 0.2) is 17.0 Å². The van der Waals surface area contributed by atoms with Gasteiger partial charge in [0, 0.05) is 44.0 Å². The maximum Gasteiger partial charge on any atom is 0.227 e. The van der Waals surface area contributed by atoms with Crippen LogP contribution in [-0.2, 0) is 11.3 Å². The Morgan fingerprint density at radius 1 is 1.12 bits per heavy atom. The fourth-order valence-electron chi connectivity index (χ4n) is 3.57. The summed E-state index contributed by atoms with van der Waals surface area (Å²) in [5.41, 5.74) is 1.55. The summed E-state index contributed by atoms with van der Waals surface area (Å²) >= 11 is 0. The SMILES string of the molecule is CCCC[C@](C)(CNC(C)=O)Nc1nc(NCc2ccc(OC)cc2OC)nc2nccnc12. The molecule has 1 atom stereocenters. The first-order valence-electron chi connectivity index (χ1n) is 11.3. The summed E-state index contributed by atoms with van der Waals surface area (Å²) in [6, 6.07) is 5.64. The van der Waals surface area contributed by atoms with Crippen molar-refractivity contribution in [1.29, 1.82) is 0 Å². The highest BCUT2D eigenvalue weighted by molar-refractivity contribution is 5.83. The van der Waals surface area contributed by atoms with Gasteiger partial charge in [-0.05, 0) is 25.5 Å². The molecule has 0 bridgehead atoms. The largest absolute Gasteiger partial charge is 0.497 e. The molecule has 2 heterocycles. The van der Waals surface area contributed by atoms with Crippen LogP contribution in [0.5, 0.6) is 11.5 Å². The minimum absolute atomic E-state index is 0.0762. The van der Waals surface area contributed by atoms with E-state index in [4.69, 9.17) is 14.5 Å². The number of carbonyl (C=O) groups excluding carboxylic acids is 1. The molecule has 3 aromatic rings. The van der Waals surface area contributed by atoms with Crippen LogP contribution in [0.2, 0.25) is 0 Å². The number of rotatable bonds is 12. The average Bonchev–Trinajstić information content (AvgIpc) is 2.85. The maximum absolute atomic E-state index is 11.6. The van der Waals surface area contributed by atoms with Gasteiger partial charge in [-0.25, -0.2) is 9.97 Å². The first-order valence-corrected chi connectivity index (χ1v) is 11.3. The van der Waals surface area contributed by atoms with E-state index < -0.39 is 5.54 Å². The number of nitrogens with one attached hydrogen (secondary N) is 3. The van der Waals surface area contributed by atoms with E-state index >= 15 is 0 Å². The van der Waals surface area contributed by atoms with Crippen LogP contribution in [0.4, 0.5) is 11.8 Å². The zero-order chi connectivity index (χ0) is 24.6. The van der Waals surface area contributed by atoms with E-state index in [9.17, 15) is 4.79 Å². The van der Waals surface area contributed by atoms with Crippen LogP contribution < -0.4 is 25.4 Å². The van der Waals surface area contributed by atoms with E-state index in [1.54, 1.807) is 26.6 Å². The number of ether oxygens (including phenoxy) is 2. The monoisotopic (exact) mass is 467 g/mol. The van der Waals surface area contributed by atoms with Gasteiger partial charge >= 0.3 is 0 Å². The van der Waals surface area contributed by atoms with Crippen LogP contribution in [0.1, 0.15) is 45.6 Å². The molecule has 1 amide bonds. The quantitative estimate of drug-likeness (QED) is 0.367. The number of carbonyl (C=O) groups is 1. The Balaban J connectivity index is 1.89. The lowest BCUT2D eigenvalue weighted by Crippen LogP contribution is -2.46. The van der Waals surface area contributed by atoms with Gasteiger partial charge in [0.2, 0.25) is 11.9 Å². The lowest BCUT2D eigenvalue weighted by molar-refractivity contribution is -0.119. The smallest absolute Gasteiger partial charge is 0.227 e. The molecule has 0 radical (unpaired) electrons. The molecule has 34 heavy (non-hydrogen) atoms. The number of methoxy groups -OCH3 is 2. The summed E-state index contributed by atoms with van der Waals surface area (Å²) in [5.74, 6) is 2.31. The third kappa shape index (κ3) is 6.43. The van der Waals surface area contributed by atoms with Crippen molar-refractivity contribution in [3.63, 3.8) is 0 Å².